The fourth-order valence-electron chi connectivity index (χ4n) is 4.06. The van der Waals surface area contributed by atoms with Gasteiger partial charge in [0, 0.05) is 32.3 Å². The Balaban J connectivity index is 1.38. The quantitative estimate of drug-likeness (QED) is 0.616. The minimum atomic E-state index is -1.69. The van der Waals surface area contributed by atoms with Crippen molar-refractivity contribution in [1.29, 1.82) is 0 Å². The molecule has 32 heavy (non-hydrogen) atoms. The van der Waals surface area contributed by atoms with E-state index in [0.717, 1.165) is 6.42 Å². The van der Waals surface area contributed by atoms with Crippen LogP contribution in [0.1, 0.15) is 25.5 Å². The van der Waals surface area contributed by atoms with Crippen molar-refractivity contribution >= 4 is 11.9 Å². The molecule has 3 aromatic rings. The van der Waals surface area contributed by atoms with E-state index in [0.29, 0.717) is 41.9 Å². The Morgan fingerprint density at radius 2 is 1.97 bits per heavy atom. The lowest BCUT2D eigenvalue weighted by atomic mass is 9.98. The average Bonchev–Trinajstić information content (AvgIpc) is 3.52. The van der Waals surface area contributed by atoms with Crippen molar-refractivity contribution in [1.82, 2.24) is 25.0 Å². The molecule has 3 unspecified atom stereocenters. The normalized spacial score (nSPS) is 25.5. The lowest BCUT2D eigenvalue weighted by Gasteiger charge is -2.16. The van der Waals surface area contributed by atoms with Crippen LogP contribution in [0.5, 0.6) is 0 Å². The van der Waals surface area contributed by atoms with Crippen molar-refractivity contribution in [3.05, 3.63) is 42.3 Å². The lowest BCUT2D eigenvalue weighted by molar-refractivity contribution is -0.144. The summed E-state index contributed by atoms with van der Waals surface area (Å²) in [7, 11) is 1.65. The third-order valence-corrected chi connectivity index (χ3v) is 5.89. The van der Waals surface area contributed by atoms with Crippen LogP contribution in [0.15, 0.2) is 41.1 Å². The number of anilines is 1. The van der Waals surface area contributed by atoms with Crippen LogP contribution in [0.25, 0.3) is 22.8 Å². The highest BCUT2D eigenvalue weighted by Crippen LogP contribution is 2.34. The SMILES string of the molecule is CC1CC(Nc2nccc(-c3cccc(-c4cc(C5(O)CCN(C)C5=O)on4)n3)n2)CO1. The van der Waals surface area contributed by atoms with Crippen LogP contribution in [0.4, 0.5) is 5.95 Å². The highest BCUT2D eigenvalue weighted by atomic mass is 16.5. The van der Waals surface area contributed by atoms with Crippen LogP contribution in [-0.4, -0.2) is 68.4 Å². The van der Waals surface area contributed by atoms with Gasteiger partial charge in [-0.2, -0.15) is 0 Å². The predicted molar refractivity (Wildman–Crippen MR) is 114 cm³/mol. The first kappa shape index (κ1) is 20.5. The minimum Gasteiger partial charge on any atom is -0.376 e. The van der Waals surface area contributed by atoms with Gasteiger partial charge in [-0.3, -0.25) is 4.79 Å². The maximum Gasteiger partial charge on any atom is 0.262 e. The van der Waals surface area contributed by atoms with Gasteiger partial charge in [0.1, 0.15) is 5.69 Å². The lowest BCUT2D eigenvalue weighted by Crippen LogP contribution is -2.35. The van der Waals surface area contributed by atoms with Gasteiger partial charge in [0.15, 0.2) is 5.76 Å². The number of aliphatic hydroxyl groups is 1. The Morgan fingerprint density at radius 3 is 2.69 bits per heavy atom. The molecule has 2 fully saturated rings. The van der Waals surface area contributed by atoms with E-state index in [4.69, 9.17) is 9.26 Å². The molecule has 2 N–H and O–H groups in total. The summed E-state index contributed by atoms with van der Waals surface area (Å²) >= 11 is 0. The Hall–Kier alpha value is -3.37. The highest BCUT2D eigenvalue weighted by Gasteiger charge is 2.48. The Kier molecular flexibility index (Phi) is 5.10. The molecule has 10 nitrogen and oxygen atoms in total. The molecule has 2 aliphatic heterocycles. The second-order valence-electron chi connectivity index (χ2n) is 8.31. The number of hydrogen-bond donors (Lipinski definition) is 2. The zero-order valence-electron chi connectivity index (χ0n) is 17.9. The van der Waals surface area contributed by atoms with Gasteiger partial charge in [-0.15, -0.1) is 0 Å². The van der Waals surface area contributed by atoms with E-state index in [9.17, 15) is 9.90 Å². The van der Waals surface area contributed by atoms with Gasteiger partial charge in [-0.25, -0.2) is 15.0 Å². The van der Waals surface area contributed by atoms with Crippen molar-refractivity contribution in [3.63, 3.8) is 0 Å². The second kappa shape index (κ2) is 7.95. The highest BCUT2D eigenvalue weighted by molar-refractivity contribution is 5.87. The number of likely N-dealkylation sites (tertiary alicyclic amines) is 1. The summed E-state index contributed by atoms with van der Waals surface area (Å²) in [4.78, 5) is 27.4. The van der Waals surface area contributed by atoms with Crippen molar-refractivity contribution in [2.75, 3.05) is 25.5 Å². The van der Waals surface area contributed by atoms with E-state index < -0.39 is 11.5 Å². The first-order valence-corrected chi connectivity index (χ1v) is 10.6. The topological polar surface area (TPSA) is 127 Å². The summed E-state index contributed by atoms with van der Waals surface area (Å²) in [5.74, 6) is 0.243. The smallest absolute Gasteiger partial charge is 0.262 e. The molecule has 0 aromatic carbocycles. The molecule has 0 aliphatic carbocycles. The number of carbonyl (C=O) groups is 1. The fraction of sp³-hybridized carbons (Fsp3) is 0.409. The Bertz CT molecular complexity index is 1150. The van der Waals surface area contributed by atoms with E-state index >= 15 is 0 Å². The van der Waals surface area contributed by atoms with Gasteiger partial charge in [0.25, 0.3) is 5.91 Å². The molecule has 5 rings (SSSR count). The van der Waals surface area contributed by atoms with Gasteiger partial charge in [0.2, 0.25) is 11.5 Å². The summed E-state index contributed by atoms with van der Waals surface area (Å²) in [6.45, 7) is 3.12. The molecular weight excluding hydrogens is 412 g/mol. The summed E-state index contributed by atoms with van der Waals surface area (Å²) in [6.07, 6.45) is 3.07. The first-order chi connectivity index (χ1) is 15.4. The Labute approximate surface area is 184 Å². The van der Waals surface area contributed by atoms with Gasteiger partial charge in [-0.05, 0) is 31.5 Å². The summed E-state index contributed by atoms with van der Waals surface area (Å²) in [6, 6.07) is 9.01. The molecule has 2 aliphatic rings. The molecule has 2 saturated heterocycles. The minimum absolute atomic E-state index is 0.121. The number of hydrogen-bond acceptors (Lipinski definition) is 9. The van der Waals surface area contributed by atoms with E-state index in [2.05, 4.69) is 25.4 Å². The molecule has 0 radical (unpaired) electrons. The molecule has 1 amide bonds. The molecule has 3 atom stereocenters. The van der Waals surface area contributed by atoms with Crippen molar-refractivity contribution in [2.45, 2.75) is 37.5 Å². The van der Waals surface area contributed by atoms with Crippen LogP contribution in [0.3, 0.4) is 0 Å². The van der Waals surface area contributed by atoms with Crippen molar-refractivity contribution in [3.8, 4) is 22.8 Å². The number of aromatic nitrogens is 4. The standard InChI is InChI=1S/C22H24N6O4/c1-13-10-14(12-31-13)24-21-23-8-6-17(26-21)15-4-3-5-16(25-15)18-11-19(32-27-18)22(30)7-9-28(2)20(22)29/h3-6,8,11,13-14,30H,7,9-10,12H2,1-2H3,(H,23,24,26). The van der Waals surface area contributed by atoms with Crippen molar-refractivity contribution < 1.29 is 19.2 Å². The molecule has 5 heterocycles. The van der Waals surface area contributed by atoms with E-state index in [1.54, 1.807) is 31.4 Å². The largest absolute Gasteiger partial charge is 0.376 e. The molecule has 10 heteroatoms. The molecule has 166 valence electrons. The summed E-state index contributed by atoms with van der Waals surface area (Å²) < 4.78 is 10.9. The zero-order chi connectivity index (χ0) is 22.3. The van der Waals surface area contributed by atoms with E-state index in [1.807, 2.05) is 19.1 Å². The maximum absolute atomic E-state index is 12.3. The number of ether oxygens (including phenoxy) is 1. The third kappa shape index (κ3) is 3.71. The number of carbonyl (C=O) groups excluding carboxylic acids is 1. The van der Waals surface area contributed by atoms with Crippen LogP contribution in [0.2, 0.25) is 0 Å². The zero-order valence-corrected chi connectivity index (χ0v) is 17.9. The number of amides is 1. The third-order valence-electron chi connectivity index (χ3n) is 5.89. The maximum atomic E-state index is 12.3. The molecule has 0 saturated carbocycles. The summed E-state index contributed by atoms with van der Waals surface area (Å²) in [5, 5.41) is 18.1. The van der Waals surface area contributed by atoms with E-state index in [1.165, 1.54) is 4.90 Å². The number of rotatable bonds is 5. The van der Waals surface area contributed by atoms with Crippen LogP contribution >= 0.6 is 0 Å². The van der Waals surface area contributed by atoms with Crippen LogP contribution in [-0.2, 0) is 15.1 Å². The van der Waals surface area contributed by atoms with E-state index in [-0.39, 0.29) is 24.3 Å². The number of nitrogens with zero attached hydrogens (tertiary/aromatic N) is 5. The second-order valence-corrected chi connectivity index (χ2v) is 8.31. The van der Waals surface area contributed by atoms with Gasteiger partial charge in [0.05, 0.1) is 35.8 Å². The van der Waals surface area contributed by atoms with Crippen molar-refractivity contribution in [2.24, 2.45) is 0 Å². The molecular formula is C22H24N6O4. The van der Waals surface area contributed by atoms with Gasteiger partial charge < -0.3 is 24.6 Å². The summed E-state index contributed by atoms with van der Waals surface area (Å²) in [5.41, 5.74) is 0.593. The number of likely N-dealkylation sites (N-methyl/N-ethyl adjacent to an activating group) is 1. The molecule has 0 spiro atoms. The number of nitrogens with one attached hydrogen (secondary N) is 1. The van der Waals surface area contributed by atoms with Crippen LogP contribution in [0, 0.1) is 0 Å². The predicted octanol–water partition coefficient (Wildman–Crippen LogP) is 1.83. The monoisotopic (exact) mass is 436 g/mol. The Morgan fingerprint density at radius 1 is 1.19 bits per heavy atom. The first-order valence-electron chi connectivity index (χ1n) is 10.6. The molecule has 0 bridgehead atoms. The number of pyridine rings is 1. The average molecular weight is 436 g/mol. The van der Waals surface area contributed by atoms with Gasteiger partial charge in [-0.1, -0.05) is 11.2 Å². The van der Waals surface area contributed by atoms with Crippen LogP contribution < -0.4 is 5.32 Å². The van der Waals surface area contributed by atoms with Gasteiger partial charge >= 0.3 is 0 Å². The fourth-order valence-corrected chi connectivity index (χ4v) is 4.06. The molecule has 3 aromatic heterocycles.